The van der Waals surface area contributed by atoms with Gasteiger partial charge < -0.3 is 11.1 Å². The minimum absolute atomic E-state index is 0.373. The number of amides is 3. The second kappa shape index (κ2) is 6.64. The lowest BCUT2D eigenvalue weighted by Crippen LogP contribution is -2.22. The number of thiophene rings is 1. The van der Waals surface area contributed by atoms with Crippen LogP contribution >= 0.6 is 23.1 Å². The Kier molecular flexibility index (Phi) is 4.58. The summed E-state index contributed by atoms with van der Waals surface area (Å²) in [4.78, 5) is 25.1. The topological polar surface area (TPSA) is 84.2 Å². The van der Waals surface area contributed by atoms with Crippen LogP contribution in [0.2, 0.25) is 0 Å². The highest BCUT2D eigenvalue weighted by Crippen LogP contribution is 2.39. The Morgan fingerprint density at radius 1 is 1.17 bits per heavy atom. The third kappa shape index (κ3) is 3.51. The fraction of sp³-hybridized carbons (Fsp3) is 0.250. The number of carbonyl (C=O) groups excluding carboxylic acids is 2. The third-order valence-corrected chi connectivity index (χ3v) is 5.92. The van der Waals surface area contributed by atoms with E-state index in [0.717, 1.165) is 33.9 Å². The van der Waals surface area contributed by atoms with Crippen LogP contribution in [0.15, 0.2) is 24.3 Å². The van der Waals surface area contributed by atoms with Crippen LogP contribution in [0.1, 0.15) is 26.4 Å². The zero-order valence-corrected chi connectivity index (χ0v) is 14.3. The van der Waals surface area contributed by atoms with Gasteiger partial charge in [0.25, 0.3) is 5.91 Å². The number of primary amides is 1. The Balaban J connectivity index is 1.79. The number of hydrogen-bond acceptors (Lipinski definition) is 4. The average molecular weight is 347 g/mol. The van der Waals surface area contributed by atoms with Crippen LogP contribution in [0.25, 0.3) is 0 Å². The highest BCUT2D eigenvalue weighted by Gasteiger charge is 2.25. The Morgan fingerprint density at radius 3 is 2.61 bits per heavy atom. The van der Waals surface area contributed by atoms with Crippen molar-refractivity contribution in [1.29, 1.82) is 0 Å². The molecular weight excluding hydrogens is 330 g/mol. The van der Waals surface area contributed by atoms with Gasteiger partial charge in [-0.05, 0) is 36.8 Å². The molecular formula is C16H17N3O2S2. The summed E-state index contributed by atoms with van der Waals surface area (Å²) in [6, 6.07) is 7.14. The smallest absolute Gasteiger partial charge is 0.324 e. The molecule has 1 aliphatic rings. The fourth-order valence-corrected chi connectivity index (χ4v) is 4.86. The molecule has 2 heterocycles. The van der Waals surface area contributed by atoms with E-state index in [1.54, 1.807) is 0 Å². The molecule has 0 radical (unpaired) electrons. The van der Waals surface area contributed by atoms with E-state index in [9.17, 15) is 9.59 Å². The predicted molar refractivity (Wildman–Crippen MR) is 96.5 cm³/mol. The van der Waals surface area contributed by atoms with E-state index in [2.05, 4.69) is 10.6 Å². The lowest BCUT2D eigenvalue weighted by Gasteiger charge is -2.11. The van der Waals surface area contributed by atoms with E-state index in [4.69, 9.17) is 5.73 Å². The molecule has 0 spiro atoms. The van der Waals surface area contributed by atoms with E-state index < -0.39 is 5.91 Å². The quantitative estimate of drug-likeness (QED) is 0.793. The number of aryl methyl sites for hydroxylation is 1. The van der Waals surface area contributed by atoms with Gasteiger partial charge in [0.1, 0.15) is 5.00 Å². The van der Waals surface area contributed by atoms with Crippen molar-refractivity contribution in [1.82, 2.24) is 0 Å². The summed E-state index contributed by atoms with van der Waals surface area (Å²) in [7, 11) is 0. The van der Waals surface area contributed by atoms with Gasteiger partial charge in [0.15, 0.2) is 0 Å². The highest BCUT2D eigenvalue weighted by molar-refractivity contribution is 7.98. The minimum atomic E-state index is -0.486. The van der Waals surface area contributed by atoms with Crippen LogP contribution in [-0.2, 0) is 12.2 Å². The van der Waals surface area contributed by atoms with E-state index in [0.29, 0.717) is 16.3 Å². The molecule has 0 saturated heterocycles. The summed E-state index contributed by atoms with van der Waals surface area (Å²) in [6.07, 6.45) is 0.816. The maximum absolute atomic E-state index is 12.2. The van der Waals surface area contributed by atoms with Crippen molar-refractivity contribution in [3.63, 3.8) is 0 Å². The molecule has 4 N–H and O–H groups in total. The van der Waals surface area contributed by atoms with E-state index >= 15 is 0 Å². The van der Waals surface area contributed by atoms with Gasteiger partial charge in [0.05, 0.1) is 5.56 Å². The molecule has 23 heavy (non-hydrogen) atoms. The van der Waals surface area contributed by atoms with Crippen molar-refractivity contribution in [2.45, 2.75) is 19.1 Å². The Bertz CT molecular complexity index is 753. The van der Waals surface area contributed by atoms with Gasteiger partial charge in [-0.15, -0.1) is 11.3 Å². The first-order chi connectivity index (χ1) is 11.0. The molecule has 0 aliphatic carbocycles. The summed E-state index contributed by atoms with van der Waals surface area (Å²) in [5.41, 5.74) is 8.79. The third-order valence-electron chi connectivity index (χ3n) is 3.60. The zero-order chi connectivity index (χ0) is 16.4. The van der Waals surface area contributed by atoms with E-state index in [1.165, 1.54) is 11.3 Å². The lowest BCUT2D eigenvalue weighted by atomic mass is 10.1. The lowest BCUT2D eigenvalue weighted by molar-refractivity contribution is 0.100. The summed E-state index contributed by atoms with van der Waals surface area (Å²) < 4.78 is 0. The van der Waals surface area contributed by atoms with Crippen LogP contribution in [0.4, 0.5) is 15.5 Å². The number of anilines is 2. The normalized spacial score (nSPS) is 13.3. The number of rotatable bonds is 3. The Hall–Kier alpha value is -1.99. The van der Waals surface area contributed by atoms with Crippen molar-refractivity contribution in [2.75, 3.05) is 16.4 Å². The molecule has 3 amide bonds. The van der Waals surface area contributed by atoms with Gasteiger partial charge in [0, 0.05) is 16.3 Å². The second-order valence-corrected chi connectivity index (χ2v) is 7.53. The first kappa shape index (κ1) is 15.9. The van der Waals surface area contributed by atoms with Gasteiger partial charge in [-0.3, -0.25) is 10.1 Å². The monoisotopic (exact) mass is 347 g/mol. The first-order valence-electron chi connectivity index (χ1n) is 7.21. The molecule has 3 rings (SSSR count). The molecule has 0 fully saturated rings. The van der Waals surface area contributed by atoms with Crippen molar-refractivity contribution in [3.05, 3.63) is 45.8 Å². The first-order valence-corrected chi connectivity index (χ1v) is 9.18. The standard InChI is InChI=1S/C16H17N3O2S2/c1-9-2-4-10(5-3-9)18-16(21)19-15-13(14(17)20)11-6-7-22-8-12(11)23-15/h2-5H,6-8H2,1H3,(H2,17,20)(H2,18,19,21). The number of urea groups is 1. The predicted octanol–water partition coefficient (Wildman–Crippen LogP) is 3.59. The van der Waals surface area contributed by atoms with Gasteiger partial charge in [-0.2, -0.15) is 11.8 Å². The van der Waals surface area contributed by atoms with Crippen LogP contribution in [-0.4, -0.2) is 17.7 Å². The number of hydrogen-bond donors (Lipinski definition) is 3. The van der Waals surface area contributed by atoms with E-state index in [-0.39, 0.29) is 6.03 Å². The summed E-state index contributed by atoms with van der Waals surface area (Å²) in [6.45, 7) is 1.98. The SMILES string of the molecule is Cc1ccc(NC(=O)Nc2sc3c(c2C(N)=O)CCSC3)cc1. The molecule has 120 valence electrons. The van der Waals surface area contributed by atoms with Gasteiger partial charge in [0.2, 0.25) is 0 Å². The Labute approximate surface area is 142 Å². The molecule has 5 nitrogen and oxygen atoms in total. The summed E-state index contributed by atoms with van der Waals surface area (Å²) in [5, 5.41) is 6.07. The van der Waals surface area contributed by atoms with E-state index in [1.807, 2.05) is 43.0 Å². The number of nitrogens with one attached hydrogen (secondary N) is 2. The van der Waals surface area contributed by atoms with Crippen molar-refractivity contribution in [3.8, 4) is 0 Å². The zero-order valence-electron chi connectivity index (χ0n) is 12.6. The molecule has 0 atom stereocenters. The Morgan fingerprint density at radius 2 is 1.91 bits per heavy atom. The van der Waals surface area contributed by atoms with Gasteiger partial charge in [-0.1, -0.05) is 17.7 Å². The van der Waals surface area contributed by atoms with Crippen LogP contribution < -0.4 is 16.4 Å². The van der Waals surface area contributed by atoms with Crippen LogP contribution in [0.5, 0.6) is 0 Å². The van der Waals surface area contributed by atoms with Crippen molar-refractivity contribution in [2.24, 2.45) is 5.73 Å². The minimum Gasteiger partial charge on any atom is -0.365 e. The molecule has 1 aliphatic heterocycles. The van der Waals surface area contributed by atoms with Crippen molar-refractivity contribution < 1.29 is 9.59 Å². The number of carbonyl (C=O) groups is 2. The maximum atomic E-state index is 12.2. The van der Waals surface area contributed by atoms with Crippen molar-refractivity contribution >= 4 is 45.7 Å². The largest absolute Gasteiger partial charge is 0.365 e. The fourth-order valence-electron chi connectivity index (χ4n) is 2.48. The summed E-state index contributed by atoms with van der Waals surface area (Å²) >= 11 is 3.26. The number of nitrogens with two attached hydrogens (primary N) is 1. The highest BCUT2D eigenvalue weighted by atomic mass is 32.2. The van der Waals surface area contributed by atoms with Gasteiger partial charge >= 0.3 is 6.03 Å². The molecule has 0 unspecified atom stereocenters. The van der Waals surface area contributed by atoms with Gasteiger partial charge in [-0.25, -0.2) is 4.79 Å². The maximum Gasteiger partial charge on any atom is 0.324 e. The number of benzene rings is 1. The van der Waals surface area contributed by atoms with Crippen LogP contribution in [0, 0.1) is 6.92 Å². The van der Waals surface area contributed by atoms with Crippen LogP contribution in [0.3, 0.4) is 0 Å². The summed E-state index contributed by atoms with van der Waals surface area (Å²) in [5.74, 6) is 1.35. The molecule has 1 aromatic heterocycles. The second-order valence-electron chi connectivity index (χ2n) is 5.32. The molecule has 0 bridgehead atoms. The number of fused-ring (bicyclic) bond motifs is 1. The molecule has 1 aromatic carbocycles. The molecule has 7 heteroatoms. The number of thioether (sulfide) groups is 1. The molecule has 0 saturated carbocycles. The molecule has 2 aromatic rings. The average Bonchev–Trinajstić information content (AvgIpc) is 2.87.